The number of benzene rings is 8. The van der Waals surface area contributed by atoms with Gasteiger partial charge < -0.3 is 33.3 Å². The van der Waals surface area contributed by atoms with Crippen molar-refractivity contribution in [1.29, 1.82) is 0 Å². The number of hydrogen-bond donors (Lipinski definition) is 0. The maximum atomic E-state index is 13.0. The molecule has 0 saturated carbocycles. The van der Waals surface area contributed by atoms with Crippen LogP contribution in [-0.4, -0.2) is 19.2 Å². The van der Waals surface area contributed by atoms with Gasteiger partial charge in [0, 0.05) is 53.7 Å². The van der Waals surface area contributed by atoms with Gasteiger partial charge in [0.05, 0.1) is 7.11 Å². The van der Waals surface area contributed by atoms with Crippen molar-refractivity contribution in [1.82, 2.24) is 0 Å². The molecule has 0 bridgehead atoms. The van der Waals surface area contributed by atoms with Crippen LogP contribution in [0.5, 0.6) is 46.0 Å². The van der Waals surface area contributed by atoms with E-state index in [1.807, 2.05) is 115 Å². The van der Waals surface area contributed by atoms with Gasteiger partial charge in [0.15, 0.2) is 0 Å². The summed E-state index contributed by atoms with van der Waals surface area (Å²) in [6, 6.07) is 63.1. The number of carbonyl (C=O) groups is 2. The van der Waals surface area contributed by atoms with E-state index in [1.54, 1.807) is 55.6 Å². The molecule has 0 aliphatic carbocycles. The van der Waals surface area contributed by atoms with Crippen LogP contribution < -0.4 is 33.3 Å². The van der Waals surface area contributed by atoms with Crippen LogP contribution in [0.25, 0.3) is 12.2 Å². The van der Waals surface area contributed by atoms with Crippen molar-refractivity contribution < 1.29 is 38.0 Å². The number of rotatable bonds is 15. The monoisotopic (exact) mass is 873 g/mol. The maximum absolute atomic E-state index is 13.0. The summed E-state index contributed by atoms with van der Waals surface area (Å²) in [7, 11) is 1.63. The van der Waals surface area contributed by atoms with Gasteiger partial charge in [-0.05, 0) is 107 Å². The van der Waals surface area contributed by atoms with E-state index < -0.39 is 6.16 Å². The third-order valence-corrected chi connectivity index (χ3v) is 10.7. The molecule has 8 aromatic rings. The molecule has 0 heterocycles. The summed E-state index contributed by atoms with van der Waals surface area (Å²) in [5.74, 6) is 3.72. The number of esters is 1. The Morgan fingerprint density at radius 1 is 0.424 bits per heavy atom. The first kappa shape index (κ1) is 44.1. The van der Waals surface area contributed by atoms with Gasteiger partial charge in [-0.25, -0.2) is 4.79 Å². The number of nitrogens with zero attached hydrogens (tertiary/aromatic N) is 1. The molecule has 328 valence electrons. The summed E-state index contributed by atoms with van der Waals surface area (Å²) < 4.78 is 34.4. The van der Waals surface area contributed by atoms with Gasteiger partial charge in [0.1, 0.15) is 46.0 Å². The van der Waals surface area contributed by atoms with Crippen LogP contribution in [0.3, 0.4) is 0 Å². The van der Waals surface area contributed by atoms with Gasteiger partial charge in [-0.2, -0.15) is 0 Å². The van der Waals surface area contributed by atoms with Crippen molar-refractivity contribution >= 4 is 41.3 Å². The lowest BCUT2D eigenvalue weighted by molar-refractivity contribution is -0.131. The second-order valence-corrected chi connectivity index (χ2v) is 15.7. The van der Waals surface area contributed by atoms with Crippen LogP contribution in [0.2, 0.25) is 0 Å². The average Bonchev–Trinajstić information content (AvgIpc) is 3.32. The minimum absolute atomic E-state index is 0.250. The van der Waals surface area contributed by atoms with Crippen molar-refractivity contribution in [2.24, 2.45) is 0 Å². The van der Waals surface area contributed by atoms with Crippen molar-refractivity contribution in [2.75, 3.05) is 12.0 Å². The molecule has 66 heavy (non-hydrogen) atoms. The highest BCUT2D eigenvalue weighted by atomic mass is 16.7. The van der Waals surface area contributed by atoms with Gasteiger partial charge in [0.2, 0.25) is 0 Å². The highest BCUT2D eigenvalue weighted by Crippen LogP contribution is 2.40. The highest BCUT2D eigenvalue weighted by molar-refractivity contribution is 5.79. The molecular weight excluding hydrogens is 827 g/mol. The highest BCUT2D eigenvalue weighted by Gasteiger charge is 2.24. The number of anilines is 3. The van der Waals surface area contributed by atoms with Gasteiger partial charge in [-0.1, -0.05) is 117 Å². The molecule has 0 N–H and O–H groups in total. The van der Waals surface area contributed by atoms with Crippen LogP contribution in [-0.2, 0) is 10.2 Å². The Balaban J connectivity index is 0.977. The summed E-state index contributed by atoms with van der Waals surface area (Å²) in [5.41, 5.74) is 6.43. The smallest absolute Gasteiger partial charge is 0.497 e. The third kappa shape index (κ3) is 11.3. The van der Waals surface area contributed by atoms with E-state index in [0.29, 0.717) is 40.2 Å². The summed E-state index contributed by atoms with van der Waals surface area (Å²) in [6.45, 7) is 5.54. The van der Waals surface area contributed by atoms with Gasteiger partial charge in [-0.15, -0.1) is 0 Å². The quantitative estimate of drug-likeness (QED) is 0.0432. The van der Waals surface area contributed by atoms with E-state index in [1.165, 1.54) is 6.92 Å². The Kier molecular flexibility index (Phi) is 13.6. The standard InChI is InChI=1S/C57H47NO8/c1-40(59)62-48-32-26-43(27-33-48)57(2,3)44-28-34-49(35-29-44)65-56(60)66-55-21-11-20-54(39-55)64-52-18-9-15-47(37-52)58(45-30-24-42(25-31-45)23-22-41-12-6-5-7-13-41)46-14-8-17-51(36-46)63-53-19-10-16-50(38-53)61-4/h5-39H,1-4H3. The number of methoxy groups -OCH3 is 1. The molecule has 9 nitrogen and oxygen atoms in total. The van der Waals surface area contributed by atoms with Gasteiger partial charge >= 0.3 is 12.1 Å². The van der Waals surface area contributed by atoms with E-state index in [4.69, 9.17) is 28.4 Å². The fraction of sp³-hybridized carbons (Fsp3) is 0.0877. The van der Waals surface area contributed by atoms with E-state index in [2.05, 4.69) is 67.3 Å². The van der Waals surface area contributed by atoms with Crippen LogP contribution in [0.4, 0.5) is 21.9 Å². The molecule has 0 spiro atoms. The lowest BCUT2D eigenvalue weighted by atomic mass is 9.78. The van der Waals surface area contributed by atoms with Crippen molar-refractivity contribution in [3.05, 3.63) is 222 Å². The predicted octanol–water partition coefficient (Wildman–Crippen LogP) is 14.7. The normalized spacial score (nSPS) is 11.1. The average molecular weight is 874 g/mol. The Morgan fingerprint density at radius 2 is 0.864 bits per heavy atom. The molecule has 0 aromatic heterocycles. The minimum Gasteiger partial charge on any atom is -0.497 e. The van der Waals surface area contributed by atoms with Crippen LogP contribution in [0, 0.1) is 0 Å². The topological polar surface area (TPSA) is 92.8 Å². The Labute approximate surface area is 384 Å². The van der Waals surface area contributed by atoms with Gasteiger partial charge in [-0.3, -0.25) is 4.79 Å². The molecule has 0 aliphatic heterocycles. The molecule has 0 aliphatic rings. The van der Waals surface area contributed by atoms with Crippen molar-refractivity contribution in [3.8, 4) is 46.0 Å². The second kappa shape index (κ2) is 20.3. The zero-order valence-electron chi connectivity index (χ0n) is 36.9. The zero-order chi connectivity index (χ0) is 45.9. The molecule has 0 unspecified atom stereocenters. The predicted molar refractivity (Wildman–Crippen MR) is 259 cm³/mol. The Bertz CT molecular complexity index is 2950. The first-order valence-corrected chi connectivity index (χ1v) is 21.3. The lowest BCUT2D eigenvalue weighted by Crippen LogP contribution is -2.19. The summed E-state index contributed by atoms with van der Waals surface area (Å²) >= 11 is 0. The van der Waals surface area contributed by atoms with E-state index in [-0.39, 0.29) is 17.1 Å². The zero-order valence-corrected chi connectivity index (χ0v) is 36.9. The fourth-order valence-corrected chi connectivity index (χ4v) is 7.27. The first-order chi connectivity index (χ1) is 32.1. The van der Waals surface area contributed by atoms with Gasteiger partial charge in [0.25, 0.3) is 0 Å². The minimum atomic E-state index is -0.892. The number of carbonyl (C=O) groups excluding carboxylic acids is 2. The molecule has 8 rings (SSSR count). The number of hydrogen-bond acceptors (Lipinski definition) is 9. The molecule has 0 fully saturated rings. The third-order valence-electron chi connectivity index (χ3n) is 10.7. The molecule has 9 heteroatoms. The Morgan fingerprint density at radius 3 is 1.39 bits per heavy atom. The SMILES string of the molecule is COc1cccc(Oc2cccc(N(c3ccc(C=Cc4ccccc4)cc3)c3cccc(Oc4cccc(OC(=O)Oc5ccc(C(C)(C)c6ccc(OC(C)=O)cc6)cc5)c4)c3)c2)c1. The fourth-order valence-electron chi connectivity index (χ4n) is 7.27. The molecule has 0 atom stereocenters. The number of ether oxygens (including phenoxy) is 6. The lowest BCUT2D eigenvalue weighted by Gasteiger charge is -2.26. The van der Waals surface area contributed by atoms with E-state index >= 15 is 0 Å². The van der Waals surface area contributed by atoms with Crippen molar-refractivity contribution in [2.45, 2.75) is 26.2 Å². The van der Waals surface area contributed by atoms with E-state index in [9.17, 15) is 9.59 Å². The maximum Gasteiger partial charge on any atom is 0.519 e. The molecule has 0 saturated heterocycles. The summed E-state index contributed by atoms with van der Waals surface area (Å²) in [5, 5.41) is 0. The Hall–Kier alpha value is -8.56. The van der Waals surface area contributed by atoms with Crippen LogP contribution >= 0.6 is 0 Å². The molecule has 8 aromatic carbocycles. The second-order valence-electron chi connectivity index (χ2n) is 15.7. The molecule has 0 amide bonds. The van der Waals surface area contributed by atoms with Crippen LogP contribution in [0.1, 0.15) is 43.0 Å². The van der Waals surface area contributed by atoms with Crippen LogP contribution in [0.15, 0.2) is 200 Å². The first-order valence-electron chi connectivity index (χ1n) is 21.3. The summed E-state index contributed by atoms with van der Waals surface area (Å²) in [4.78, 5) is 26.4. The largest absolute Gasteiger partial charge is 0.519 e. The molecular formula is C57H47NO8. The van der Waals surface area contributed by atoms with E-state index in [0.717, 1.165) is 39.3 Å². The summed E-state index contributed by atoms with van der Waals surface area (Å²) in [6.07, 6.45) is 3.29. The van der Waals surface area contributed by atoms with Crippen molar-refractivity contribution in [3.63, 3.8) is 0 Å². The molecule has 0 radical (unpaired) electrons.